The fourth-order valence-corrected chi connectivity index (χ4v) is 3.17. The number of nitrogens with one attached hydrogen (secondary N) is 1. The lowest BCUT2D eigenvalue weighted by molar-refractivity contribution is 0.0718. The Morgan fingerprint density at radius 1 is 0.893 bits per heavy atom. The van der Waals surface area contributed by atoms with Gasteiger partial charge >= 0.3 is 0 Å². The molecule has 0 atom stereocenters. The average Bonchev–Trinajstić information content (AvgIpc) is 2.76. The van der Waals surface area contributed by atoms with Gasteiger partial charge in [-0.25, -0.2) is 9.97 Å². The van der Waals surface area contributed by atoms with Crippen LogP contribution in [0.4, 0.5) is 11.5 Å². The minimum Gasteiger partial charge on any atom is -0.455 e. The van der Waals surface area contributed by atoms with Crippen LogP contribution in [0.15, 0.2) is 67.0 Å². The summed E-state index contributed by atoms with van der Waals surface area (Å²) in [4.78, 5) is 23.0. The van der Waals surface area contributed by atoms with E-state index in [4.69, 9.17) is 4.74 Å². The van der Waals surface area contributed by atoms with Gasteiger partial charge in [0.1, 0.15) is 17.3 Å². The van der Waals surface area contributed by atoms with Crippen LogP contribution in [0, 0.1) is 0 Å². The molecule has 4 rings (SSSR count). The molecule has 1 aromatic heterocycles. The Hall–Kier alpha value is -3.41. The molecule has 0 spiro atoms. The van der Waals surface area contributed by atoms with E-state index in [1.807, 2.05) is 59.5 Å². The van der Waals surface area contributed by atoms with Gasteiger partial charge in [0.15, 0.2) is 5.75 Å². The number of para-hydroxylation sites is 3. The van der Waals surface area contributed by atoms with Crippen molar-refractivity contribution < 1.29 is 9.53 Å². The summed E-state index contributed by atoms with van der Waals surface area (Å²) in [7, 11) is 0. The first-order valence-corrected chi connectivity index (χ1v) is 9.50. The number of ether oxygens (including phenoxy) is 1. The van der Waals surface area contributed by atoms with E-state index in [1.54, 1.807) is 6.20 Å². The standard InChI is InChI=1S/C22H22N4O2/c27-22(26-13-7-2-8-14-26)19-15-24-21(16-23-19)25-18-11-5-6-12-20(18)28-17-9-3-1-4-10-17/h1,3-6,9-12,15-16H,2,7-8,13-14H2,(H,24,25). The molecule has 1 fully saturated rings. The number of amides is 1. The van der Waals surface area contributed by atoms with E-state index in [9.17, 15) is 4.79 Å². The van der Waals surface area contributed by atoms with E-state index in [2.05, 4.69) is 15.3 Å². The summed E-state index contributed by atoms with van der Waals surface area (Å²) in [5.74, 6) is 1.94. The van der Waals surface area contributed by atoms with E-state index in [-0.39, 0.29) is 5.91 Å². The van der Waals surface area contributed by atoms with Crippen molar-refractivity contribution in [1.29, 1.82) is 0 Å². The van der Waals surface area contributed by atoms with Crippen LogP contribution in [0.2, 0.25) is 0 Å². The summed E-state index contributed by atoms with van der Waals surface area (Å²) in [6.45, 7) is 1.59. The van der Waals surface area contributed by atoms with E-state index >= 15 is 0 Å². The Morgan fingerprint density at radius 2 is 1.64 bits per heavy atom. The maximum atomic E-state index is 12.5. The molecule has 1 aliphatic rings. The quantitative estimate of drug-likeness (QED) is 0.705. The second kappa shape index (κ2) is 8.52. The number of piperidine rings is 1. The van der Waals surface area contributed by atoms with Gasteiger partial charge in [-0.3, -0.25) is 4.79 Å². The highest BCUT2D eigenvalue weighted by Crippen LogP contribution is 2.30. The van der Waals surface area contributed by atoms with Crippen LogP contribution < -0.4 is 10.1 Å². The zero-order valence-electron chi connectivity index (χ0n) is 15.5. The summed E-state index contributed by atoms with van der Waals surface area (Å²) in [5.41, 5.74) is 1.15. The Kier molecular flexibility index (Phi) is 5.47. The lowest BCUT2D eigenvalue weighted by Gasteiger charge is -2.26. The van der Waals surface area contributed by atoms with Crippen molar-refractivity contribution >= 4 is 17.4 Å². The summed E-state index contributed by atoms with van der Waals surface area (Å²) in [5, 5.41) is 3.21. The SMILES string of the molecule is O=C(c1cnc(Nc2ccccc2Oc2ccccc2)cn1)N1CCCCC1. The van der Waals surface area contributed by atoms with Crippen LogP contribution in [0.1, 0.15) is 29.8 Å². The highest BCUT2D eigenvalue weighted by atomic mass is 16.5. The maximum Gasteiger partial charge on any atom is 0.274 e. The van der Waals surface area contributed by atoms with Crippen molar-refractivity contribution in [2.24, 2.45) is 0 Å². The smallest absolute Gasteiger partial charge is 0.274 e. The molecule has 142 valence electrons. The van der Waals surface area contributed by atoms with Gasteiger partial charge < -0.3 is 15.0 Å². The molecule has 6 heteroatoms. The topological polar surface area (TPSA) is 67.3 Å². The van der Waals surface area contributed by atoms with Gasteiger partial charge in [-0.15, -0.1) is 0 Å². The number of nitrogens with zero attached hydrogens (tertiary/aromatic N) is 3. The van der Waals surface area contributed by atoms with Crippen molar-refractivity contribution in [3.8, 4) is 11.5 Å². The molecule has 1 amide bonds. The van der Waals surface area contributed by atoms with Gasteiger partial charge in [-0.05, 0) is 43.5 Å². The maximum absolute atomic E-state index is 12.5. The van der Waals surface area contributed by atoms with Gasteiger partial charge in [0.2, 0.25) is 0 Å². The van der Waals surface area contributed by atoms with E-state index in [0.29, 0.717) is 17.3 Å². The molecule has 1 saturated heterocycles. The molecule has 0 unspecified atom stereocenters. The van der Waals surface area contributed by atoms with Crippen LogP contribution in [0.25, 0.3) is 0 Å². The van der Waals surface area contributed by atoms with Crippen LogP contribution in [-0.4, -0.2) is 33.9 Å². The van der Waals surface area contributed by atoms with E-state index in [0.717, 1.165) is 37.4 Å². The third-order valence-corrected chi connectivity index (χ3v) is 4.64. The predicted octanol–water partition coefficient (Wildman–Crippen LogP) is 4.64. The molecule has 28 heavy (non-hydrogen) atoms. The average molecular weight is 374 g/mol. The summed E-state index contributed by atoms with van der Waals surface area (Å²) < 4.78 is 5.95. The Balaban J connectivity index is 1.47. The molecule has 2 heterocycles. The summed E-state index contributed by atoms with van der Waals surface area (Å²) in [6.07, 6.45) is 6.40. The highest BCUT2D eigenvalue weighted by Gasteiger charge is 2.19. The molecule has 0 saturated carbocycles. The first kappa shape index (κ1) is 18.0. The number of hydrogen-bond acceptors (Lipinski definition) is 5. The molecule has 0 radical (unpaired) electrons. The first-order valence-electron chi connectivity index (χ1n) is 9.50. The van der Waals surface area contributed by atoms with Gasteiger partial charge in [0, 0.05) is 13.1 Å². The monoisotopic (exact) mass is 374 g/mol. The molecule has 6 nitrogen and oxygen atoms in total. The fraction of sp³-hybridized carbons (Fsp3) is 0.227. The van der Waals surface area contributed by atoms with Crippen molar-refractivity contribution in [1.82, 2.24) is 14.9 Å². The van der Waals surface area contributed by atoms with Crippen molar-refractivity contribution in [2.75, 3.05) is 18.4 Å². The third kappa shape index (κ3) is 4.28. The van der Waals surface area contributed by atoms with Gasteiger partial charge in [0.25, 0.3) is 5.91 Å². The normalized spacial score (nSPS) is 13.8. The second-order valence-electron chi connectivity index (χ2n) is 6.68. The Bertz CT molecular complexity index is 923. The summed E-state index contributed by atoms with van der Waals surface area (Å²) in [6, 6.07) is 17.2. The second-order valence-corrected chi connectivity index (χ2v) is 6.68. The molecule has 0 aliphatic carbocycles. The van der Waals surface area contributed by atoms with Crippen LogP contribution in [-0.2, 0) is 0 Å². The zero-order valence-corrected chi connectivity index (χ0v) is 15.5. The molecular weight excluding hydrogens is 352 g/mol. The zero-order chi connectivity index (χ0) is 19.2. The third-order valence-electron chi connectivity index (χ3n) is 4.64. The predicted molar refractivity (Wildman–Crippen MR) is 108 cm³/mol. The molecular formula is C22H22N4O2. The number of carbonyl (C=O) groups is 1. The largest absolute Gasteiger partial charge is 0.455 e. The van der Waals surface area contributed by atoms with Crippen molar-refractivity contribution in [2.45, 2.75) is 19.3 Å². The Labute approximate surface area is 164 Å². The van der Waals surface area contributed by atoms with Gasteiger partial charge in [0.05, 0.1) is 18.1 Å². The fourth-order valence-electron chi connectivity index (χ4n) is 3.17. The number of aromatic nitrogens is 2. The van der Waals surface area contributed by atoms with E-state index in [1.165, 1.54) is 12.6 Å². The number of rotatable bonds is 5. The van der Waals surface area contributed by atoms with Crippen LogP contribution in [0.3, 0.4) is 0 Å². The van der Waals surface area contributed by atoms with E-state index < -0.39 is 0 Å². The van der Waals surface area contributed by atoms with Crippen LogP contribution >= 0.6 is 0 Å². The molecule has 0 bridgehead atoms. The number of anilines is 2. The molecule has 2 aromatic carbocycles. The number of likely N-dealkylation sites (tertiary alicyclic amines) is 1. The minimum absolute atomic E-state index is 0.0495. The first-order chi connectivity index (χ1) is 13.8. The lowest BCUT2D eigenvalue weighted by Crippen LogP contribution is -2.36. The van der Waals surface area contributed by atoms with Gasteiger partial charge in [-0.2, -0.15) is 0 Å². The minimum atomic E-state index is -0.0495. The Morgan fingerprint density at radius 3 is 2.39 bits per heavy atom. The molecule has 1 aliphatic heterocycles. The lowest BCUT2D eigenvalue weighted by atomic mass is 10.1. The van der Waals surface area contributed by atoms with Gasteiger partial charge in [-0.1, -0.05) is 30.3 Å². The van der Waals surface area contributed by atoms with Crippen molar-refractivity contribution in [3.05, 3.63) is 72.7 Å². The highest BCUT2D eigenvalue weighted by molar-refractivity contribution is 5.92. The number of carbonyl (C=O) groups excluding carboxylic acids is 1. The molecule has 1 N–H and O–H groups in total. The summed E-state index contributed by atoms with van der Waals surface area (Å²) >= 11 is 0. The number of benzene rings is 2. The molecule has 3 aromatic rings. The number of hydrogen-bond donors (Lipinski definition) is 1. The van der Waals surface area contributed by atoms with Crippen LogP contribution in [0.5, 0.6) is 11.5 Å². The van der Waals surface area contributed by atoms with Crippen molar-refractivity contribution in [3.63, 3.8) is 0 Å².